The van der Waals surface area contributed by atoms with E-state index in [-0.39, 0.29) is 5.97 Å². The van der Waals surface area contributed by atoms with Gasteiger partial charge in [0.15, 0.2) is 0 Å². The Balaban J connectivity index is 2.08. The minimum atomic E-state index is -0.388. The fourth-order valence-electron chi connectivity index (χ4n) is 3.22. The Bertz CT molecular complexity index is 1170. The van der Waals surface area contributed by atoms with Crippen molar-refractivity contribution in [3.8, 4) is 11.8 Å². The number of aryl methyl sites for hydroxylation is 1. The standard InChI is InChI=1S/C23H18Cl2N2O2/c1-14-9-18(10-19(13-26)16-7-8-21(24)22(25)12-16)15(2)27(14)20-6-4-5-17(11-20)23(28)29-3/h4-12H,1-3H3/b19-10-. The highest BCUT2D eigenvalue weighted by molar-refractivity contribution is 6.42. The van der Waals surface area contributed by atoms with Crippen molar-refractivity contribution in [1.29, 1.82) is 5.26 Å². The number of ether oxygens (including phenoxy) is 1. The molecule has 0 aliphatic carbocycles. The topological polar surface area (TPSA) is 55.0 Å². The Hall–Kier alpha value is -3.00. The largest absolute Gasteiger partial charge is 0.465 e. The van der Waals surface area contributed by atoms with E-state index in [9.17, 15) is 10.1 Å². The number of halogens is 2. The molecule has 0 amide bonds. The molecule has 0 saturated heterocycles. The molecule has 1 heterocycles. The zero-order chi connectivity index (χ0) is 21.1. The minimum Gasteiger partial charge on any atom is -0.465 e. The normalized spacial score (nSPS) is 11.2. The zero-order valence-corrected chi connectivity index (χ0v) is 17.7. The van der Waals surface area contributed by atoms with Gasteiger partial charge in [-0.3, -0.25) is 0 Å². The molecule has 0 radical (unpaired) electrons. The molecule has 0 spiro atoms. The fraction of sp³-hybridized carbons (Fsp3) is 0.130. The predicted molar refractivity (Wildman–Crippen MR) is 117 cm³/mol. The van der Waals surface area contributed by atoms with Gasteiger partial charge in [-0.05, 0) is 67.4 Å². The molecular weight excluding hydrogens is 407 g/mol. The summed E-state index contributed by atoms with van der Waals surface area (Å²) in [4.78, 5) is 11.9. The van der Waals surface area contributed by atoms with Gasteiger partial charge in [0, 0.05) is 17.1 Å². The van der Waals surface area contributed by atoms with Crippen LogP contribution < -0.4 is 0 Å². The summed E-state index contributed by atoms with van der Waals surface area (Å²) >= 11 is 12.1. The van der Waals surface area contributed by atoms with Crippen LogP contribution in [-0.2, 0) is 4.74 Å². The summed E-state index contributed by atoms with van der Waals surface area (Å²) in [5.74, 6) is -0.388. The second kappa shape index (κ2) is 8.57. The number of carbonyl (C=O) groups is 1. The van der Waals surface area contributed by atoms with E-state index in [4.69, 9.17) is 27.9 Å². The van der Waals surface area contributed by atoms with Crippen molar-refractivity contribution in [2.24, 2.45) is 0 Å². The van der Waals surface area contributed by atoms with Gasteiger partial charge in [0.05, 0.1) is 34.4 Å². The van der Waals surface area contributed by atoms with Crippen molar-refractivity contribution in [3.63, 3.8) is 0 Å². The van der Waals surface area contributed by atoms with Crippen LogP contribution in [0, 0.1) is 25.2 Å². The van der Waals surface area contributed by atoms with Crippen molar-refractivity contribution >= 4 is 40.8 Å². The lowest BCUT2D eigenvalue weighted by Gasteiger charge is -2.11. The molecule has 1 aromatic heterocycles. The molecule has 146 valence electrons. The van der Waals surface area contributed by atoms with Gasteiger partial charge in [-0.25, -0.2) is 4.79 Å². The lowest BCUT2D eigenvalue weighted by Crippen LogP contribution is -2.04. The Kier molecular flexibility index (Phi) is 6.12. The van der Waals surface area contributed by atoms with Crippen molar-refractivity contribution < 1.29 is 9.53 Å². The van der Waals surface area contributed by atoms with Gasteiger partial charge in [-0.2, -0.15) is 5.26 Å². The summed E-state index contributed by atoms with van der Waals surface area (Å²) < 4.78 is 6.84. The van der Waals surface area contributed by atoms with Crippen molar-refractivity contribution in [1.82, 2.24) is 4.57 Å². The van der Waals surface area contributed by atoms with Gasteiger partial charge in [-0.15, -0.1) is 0 Å². The first-order chi connectivity index (χ1) is 13.8. The highest BCUT2D eigenvalue weighted by Crippen LogP contribution is 2.29. The summed E-state index contributed by atoms with van der Waals surface area (Å²) in [7, 11) is 1.36. The number of hydrogen-bond donors (Lipinski definition) is 0. The van der Waals surface area contributed by atoms with Gasteiger partial charge in [-0.1, -0.05) is 35.3 Å². The molecule has 0 aliphatic rings. The molecule has 4 nitrogen and oxygen atoms in total. The lowest BCUT2D eigenvalue weighted by molar-refractivity contribution is 0.0600. The Morgan fingerprint density at radius 2 is 1.83 bits per heavy atom. The summed E-state index contributed by atoms with van der Waals surface area (Å²) in [6.45, 7) is 3.94. The van der Waals surface area contributed by atoms with Crippen LogP contribution in [0.2, 0.25) is 10.0 Å². The average molecular weight is 425 g/mol. The number of hydrogen-bond acceptors (Lipinski definition) is 3. The highest BCUT2D eigenvalue weighted by Gasteiger charge is 2.13. The number of allylic oxidation sites excluding steroid dienone is 1. The van der Waals surface area contributed by atoms with Crippen LogP contribution in [0.3, 0.4) is 0 Å². The summed E-state index contributed by atoms with van der Waals surface area (Å²) in [6.07, 6.45) is 1.82. The van der Waals surface area contributed by atoms with Crippen molar-refractivity contribution in [3.05, 3.63) is 86.7 Å². The van der Waals surface area contributed by atoms with E-state index >= 15 is 0 Å². The van der Waals surface area contributed by atoms with Crippen LogP contribution in [0.25, 0.3) is 17.3 Å². The summed E-state index contributed by atoms with van der Waals surface area (Å²) in [5.41, 5.74) is 5.30. The van der Waals surface area contributed by atoms with Crippen LogP contribution >= 0.6 is 23.2 Å². The van der Waals surface area contributed by atoms with E-state index in [2.05, 4.69) is 6.07 Å². The van der Waals surface area contributed by atoms with Crippen LogP contribution in [0.15, 0.2) is 48.5 Å². The third-order valence-corrected chi connectivity index (χ3v) is 5.39. The number of carbonyl (C=O) groups excluding carboxylic acids is 1. The molecule has 2 aromatic carbocycles. The van der Waals surface area contributed by atoms with E-state index in [0.29, 0.717) is 26.7 Å². The van der Waals surface area contributed by atoms with E-state index < -0.39 is 0 Å². The van der Waals surface area contributed by atoms with Crippen LogP contribution in [-0.4, -0.2) is 17.6 Å². The molecule has 3 aromatic rings. The predicted octanol–water partition coefficient (Wildman–Crippen LogP) is 6.25. The molecule has 29 heavy (non-hydrogen) atoms. The van der Waals surface area contributed by atoms with Gasteiger partial charge < -0.3 is 9.30 Å². The molecule has 0 atom stereocenters. The number of nitrogens with zero attached hydrogens (tertiary/aromatic N) is 2. The van der Waals surface area contributed by atoms with Crippen LogP contribution in [0.1, 0.15) is 32.9 Å². The Labute approximate surface area is 179 Å². The molecular formula is C23H18Cl2N2O2. The van der Waals surface area contributed by atoms with E-state index in [0.717, 1.165) is 22.6 Å². The number of esters is 1. The average Bonchev–Trinajstić information content (AvgIpc) is 3.00. The number of rotatable bonds is 4. The van der Waals surface area contributed by atoms with Gasteiger partial charge in [0.1, 0.15) is 0 Å². The zero-order valence-electron chi connectivity index (χ0n) is 16.2. The number of benzene rings is 2. The Morgan fingerprint density at radius 3 is 2.48 bits per heavy atom. The maximum absolute atomic E-state index is 11.9. The number of nitriles is 1. The number of methoxy groups -OCH3 is 1. The highest BCUT2D eigenvalue weighted by atomic mass is 35.5. The molecule has 0 fully saturated rings. The molecule has 6 heteroatoms. The molecule has 0 N–H and O–H groups in total. The molecule has 0 bridgehead atoms. The van der Waals surface area contributed by atoms with Gasteiger partial charge >= 0.3 is 5.97 Å². The van der Waals surface area contributed by atoms with E-state index in [1.54, 1.807) is 30.3 Å². The van der Waals surface area contributed by atoms with Crippen molar-refractivity contribution in [2.75, 3.05) is 7.11 Å². The monoisotopic (exact) mass is 424 g/mol. The molecule has 0 unspecified atom stereocenters. The number of aromatic nitrogens is 1. The second-order valence-electron chi connectivity index (χ2n) is 6.50. The summed E-state index contributed by atoms with van der Waals surface area (Å²) in [6, 6.07) is 16.6. The van der Waals surface area contributed by atoms with Gasteiger partial charge in [0.25, 0.3) is 0 Å². The Morgan fingerprint density at radius 1 is 1.07 bits per heavy atom. The fourth-order valence-corrected chi connectivity index (χ4v) is 3.52. The second-order valence-corrected chi connectivity index (χ2v) is 7.32. The van der Waals surface area contributed by atoms with Gasteiger partial charge in [0.2, 0.25) is 0 Å². The van der Waals surface area contributed by atoms with Crippen LogP contribution in [0.5, 0.6) is 0 Å². The quantitative estimate of drug-likeness (QED) is 0.367. The molecule has 0 aliphatic heterocycles. The third kappa shape index (κ3) is 4.22. The first kappa shape index (κ1) is 20.7. The lowest BCUT2D eigenvalue weighted by atomic mass is 10.0. The van der Waals surface area contributed by atoms with Crippen LogP contribution in [0.4, 0.5) is 0 Å². The van der Waals surface area contributed by atoms with Crippen molar-refractivity contribution in [2.45, 2.75) is 13.8 Å². The maximum atomic E-state index is 11.9. The maximum Gasteiger partial charge on any atom is 0.337 e. The SMILES string of the molecule is COC(=O)c1cccc(-n2c(C)cc(/C=C(/C#N)c3ccc(Cl)c(Cl)c3)c2C)c1. The first-order valence-electron chi connectivity index (χ1n) is 8.80. The minimum absolute atomic E-state index is 0.388. The smallest absolute Gasteiger partial charge is 0.337 e. The first-order valence-corrected chi connectivity index (χ1v) is 9.56. The van der Waals surface area contributed by atoms with E-state index in [1.165, 1.54) is 7.11 Å². The molecule has 0 saturated carbocycles. The molecule has 3 rings (SSSR count). The van der Waals surface area contributed by atoms with E-state index in [1.807, 2.05) is 42.7 Å². The summed E-state index contributed by atoms with van der Waals surface area (Å²) in [5, 5.41) is 10.5. The third-order valence-electron chi connectivity index (χ3n) is 4.65.